The molecule has 1 N–H and O–H groups in total. The van der Waals surface area contributed by atoms with Crippen LogP contribution in [0.5, 0.6) is 0 Å². The smallest absolute Gasteiger partial charge is 0.0629 e. The summed E-state index contributed by atoms with van der Waals surface area (Å²) >= 11 is 0. The van der Waals surface area contributed by atoms with Gasteiger partial charge in [-0.1, -0.05) is 13.8 Å². The molecule has 3 heteroatoms. The van der Waals surface area contributed by atoms with E-state index in [2.05, 4.69) is 37.7 Å². The van der Waals surface area contributed by atoms with E-state index in [1.54, 1.807) is 0 Å². The summed E-state index contributed by atoms with van der Waals surface area (Å²) < 4.78 is 2.33. The second kappa shape index (κ2) is 7.26. The van der Waals surface area contributed by atoms with Crippen molar-refractivity contribution in [3.8, 4) is 0 Å². The van der Waals surface area contributed by atoms with Crippen LogP contribution in [0.3, 0.4) is 0 Å². The van der Waals surface area contributed by atoms with Crippen molar-refractivity contribution in [1.29, 1.82) is 0 Å². The van der Waals surface area contributed by atoms with Gasteiger partial charge < -0.3 is 5.32 Å². The Balaban J connectivity index is 2.00. The average molecular weight is 277 g/mol. The van der Waals surface area contributed by atoms with E-state index in [9.17, 15) is 0 Å². The molecule has 0 aromatic carbocycles. The van der Waals surface area contributed by atoms with E-state index in [1.165, 1.54) is 49.1 Å². The number of aryl methyl sites for hydroxylation is 1. The maximum atomic E-state index is 4.85. The van der Waals surface area contributed by atoms with Crippen molar-refractivity contribution < 1.29 is 0 Å². The van der Waals surface area contributed by atoms with Crippen LogP contribution in [0, 0.1) is 19.8 Å². The van der Waals surface area contributed by atoms with Crippen LogP contribution in [-0.2, 0) is 6.42 Å². The molecule has 2 rings (SSSR count). The second-order valence-electron chi connectivity index (χ2n) is 6.51. The summed E-state index contributed by atoms with van der Waals surface area (Å²) in [6, 6.07) is 0.641. The first-order valence-electron chi connectivity index (χ1n) is 8.38. The fourth-order valence-corrected chi connectivity index (χ4v) is 3.42. The molecule has 1 aliphatic carbocycles. The topological polar surface area (TPSA) is 29.9 Å². The first kappa shape index (κ1) is 15.6. The molecule has 114 valence electrons. The Hall–Kier alpha value is -0.830. The highest BCUT2D eigenvalue weighted by molar-refractivity contribution is 5.25. The lowest BCUT2D eigenvalue weighted by Crippen LogP contribution is -2.20. The van der Waals surface area contributed by atoms with Gasteiger partial charge in [-0.3, -0.25) is 4.68 Å². The largest absolute Gasteiger partial charge is 0.316 e. The number of nitrogens with one attached hydrogen (secondary N) is 1. The van der Waals surface area contributed by atoms with E-state index in [-0.39, 0.29) is 0 Å². The number of hydrogen-bond donors (Lipinski definition) is 1. The summed E-state index contributed by atoms with van der Waals surface area (Å²) in [6.07, 6.45) is 7.64. The predicted octanol–water partition coefficient (Wildman–Crippen LogP) is 3.79. The monoisotopic (exact) mass is 277 g/mol. The van der Waals surface area contributed by atoms with Gasteiger partial charge in [0.2, 0.25) is 0 Å². The van der Waals surface area contributed by atoms with E-state index in [4.69, 9.17) is 5.10 Å². The highest BCUT2D eigenvalue weighted by atomic mass is 15.3. The third-order valence-corrected chi connectivity index (χ3v) is 4.78. The first-order chi connectivity index (χ1) is 9.63. The summed E-state index contributed by atoms with van der Waals surface area (Å²) in [5.74, 6) is 0.904. The summed E-state index contributed by atoms with van der Waals surface area (Å²) in [7, 11) is 0. The molecule has 0 bridgehead atoms. The Labute approximate surface area is 124 Å². The van der Waals surface area contributed by atoms with Crippen molar-refractivity contribution in [2.45, 2.75) is 72.3 Å². The van der Waals surface area contributed by atoms with E-state index in [0.717, 1.165) is 25.4 Å². The molecule has 20 heavy (non-hydrogen) atoms. The molecule has 0 unspecified atom stereocenters. The van der Waals surface area contributed by atoms with E-state index < -0.39 is 0 Å². The maximum absolute atomic E-state index is 4.85. The molecule has 0 radical (unpaired) electrons. The predicted molar refractivity (Wildman–Crippen MR) is 85.2 cm³/mol. The Morgan fingerprint density at radius 1 is 1.15 bits per heavy atom. The molecule has 1 aromatic heterocycles. The quantitative estimate of drug-likeness (QED) is 0.802. The normalized spacial score (nSPS) is 23.2. The SMILES string of the molecule is CCCNCCc1c(C)nn(C2CCC(C)CC2)c1C. The van der Waals surface area contributed by atoms with Crippen LogP contribution < -0.4 is 5.32 Å². The minimum Gasteiger partial charge on any atom is -0.316 e. The van der Waals surface area contributed by atoms with E-state index in [1.807, 2.05) is 0 Å². The van der Waals surface area contributed by atoms with Gasteiger partial charge in [-0.25, -0.2) is 0 Å². The van der Waals surface area contributed by atoms with Crippen LogP contribution in [-0.4, -0.2) is 22.9 Å². The highest BCUT2D eigenvalue weighted by Gasteiger charge is 2.23. The van der Waals surface area contributed by atoms with Gasteiger partial charge >= 0.3 is 0 Å². The van der Waals surface area contributed by atoms with Crippen molar-refractivity contribution in [3.63, 3.8) is 0 Å². The number of aromatic nitrogens is 2. The zero-order valence-electron chi connectivity index (χ0n) is 13.7. The zero-order valence-corrected chi connectivity index (χ0v) is 13.7. The first-order valence-corrected chi connectivity index (χ1v) is 8.38. The second-order valence-corrected chi connectivity index (χ2v) is 6.51. The molecule has 1 heterocycles. The van der Waals surface area contributed by atoms with Crippen LogP contribution in [0.1, 0.15) is 68.9 Å². The van der Waals surface area contributed by atoms with Crippen LogP contribution in [0.25, 0.3) is 0 Å². The van der Waals surface area contributed by atoms with Crippen molar-refractivity contribution in [3.05, 3.63) is 17.0 Å². The molecule has 1 aliphatic rings. The van der Waals surface area contributed by atoms with Gasteiger partial charge in [0.15, 0.2) is 0 Å². The molecule has 1 saturated carbocycles. The molecule has 3 nitrogen and oxygen atoms in total. The van der Waals surface area contributed by atoms with Gasteiger partial charge in [-0.05, 0) is 76.9 Å². The fraction of sp³-hybridized carbons (Fsp3) is 0.824. The lowest BCUT2D eigenvalue weighted by atomic mass is 9.87. The van der Waals surface area contributed by atoms with Gasteiger partial charge in [0.1, 0.15) is 0 Å². The molecule has 1 aromatic rings. The minimum atomic E-state index is 0.641. The van der Waals surface area contributed by atoms with E-state index >= 15 is 0 Å². The van der Waals surface area contributed by atoms with E-state index in [0.29, 0.717) is 6.04 Å². The van der Waals surface area contributed by atoms with Crippen molar-refractivity contribution in [1.82, 2.24) is 15.1 Å². The molecule has 0 atom stereocenters. The summed E-state index contributed by atoms with van der Waals surface area (Å²) in [5.41, 5.74) is 4.10. The third kappa shape index (κ3) is 3.63. The zero-order chi connectivity index (χ0) is 14.5. The Morgan fingerprint density at radius 2 is 1.85 bits per heavy atom. The molecule has 1 fully saturated rings. The van der Waals surface area contributed by atoms with Gasteiger partial charge in [0, 0.05) is 5.69 Å². The molecule has 0 amide bonds. The highest BCUT2D eigenvalue weighted by Crippen LogP contribution is 2.33. The van der Waals surface area contributed by atoms with Crippen LogP contribution >= 0.6 is 0 Å². The summed E-state index contributed by atoms with van der Waals surface area (Å²) in [5, 5.41) is 8.34. The Morgan fingerprint density at radius 3 is 2.50 bits per heavy atom. The maximum Gasteiger partial charge on any atom is 0.0629 e. The standard InChI is InChI=1S/C17H31N3/c1-5-11-18-12-10-17-14(3)19-20(15(17)4)16-8-6-13(2)7-9-16/h13,16,18H,5-12H2,1-4H3. The summed E-state index contributed by atoms with van der Waals surface area (Å²) in [4.78, 5) is 0. The Kier molecular flexibility index (Phi) is 5.64. The number of hydrogen-bond acceptors (Lipinski definition) is 2. The number of rotatable bonds is 6. The lowest BCUT2D eigenvalue weighted by Gasteiger charge is -2.27. The lowest BCUT2D eigenvalue weighted by molar-refractivity contribution is 0.270. The van der Waals surface area contributed by atoms with Crippen LogP contribution in [0.15, 0.2) is 0 Å². The van der Waals surface area contributed by atoms with Gasteiger partial charge in [0.05, 0.1) is 11.7 Å². The molecule has 0 aliphatic heterocycles. The molecular weight excluding hydrogens is 246 g/mol. The molecule has 0 spiro atoms. The van der Waals surface area contributed by atoms with Crippen LogP contribution in [0.2, 0.25) is 0 Å². The molecule has 0 saturated heterocycles. The van der Waals surface area contributed by atoms with Crippen molar-refractivity contribution >= 4 is 0 Å². The van der Waals surface area contributed by atoms with Crippen LogP contribution in [0.4, 0.5) is 0 Å². The Bertz CT molecular complexity index is 414. The third-order valence-electron chi connectivity index (χ3n) is 4.78. The van der Waals surface area contributed by atoms with Gasteiger partial charge in [-0.2, -0.15) is 5.10 Å². The minimum absolute atomic E-state index is 0.641. The molecular formula is C17H31N3. The fourth-order valence-electron chi connectivity index (χ4n) is 3.42. The van der Waals surface area contributed by atoms with Gasteiger partial charge in [0.25, 0.3) is 0 Å². The van der Waals surface area contributed by atoms with Crippen molar-refractivity contribution in [2.24, 2.45) is 5.92 Å². The summed E-state index contributed by atoms with van der Waals surface area (Å²) in [6.45, 7) is 11.2. The number of nitrogens with zero attached hydrogens (tertiary/aromatic N) is 2. The van der Waals surface area contributed by atoms with Crippen molar-refractivity contribution in [2.75, 3.05) is 13.1 Å². The average Bonchev–Trinajstić information content (AvgIpc) is 2.72. The van der Waals surface area contributed by atoms with Gasteiger partial charge in [-0.15, -0.1) is 0 Å².